The smallest absolute Gasteiger partial charge is 0.338 e. The van der Waals surface area contributed by atoms with Gasteiger partial charge in [-0.05, 0) is 25.0 Å². The highest BCUT2D eigenvalue weighted by Gasteiger charge is 2.17. The van der Waals surface area contributed by atoms with Gasteiger partial charge < -0.3 is 15.0 Å². The molecule has 0 bridgehead atoms. The van der Waals surface area contributed by atoms with E-state index in [1.165, 1.54) is 6.07 Å². The van der Waals surface area contributed by atoms with E-state index in [0.29, 0.717) is 6.54 Å². The first-order valence-corrected chi connectivity index (χ1v) is 6.50. The molecule has 0 radical (unpaired) electrons. The minimum Gasteiger partial charge on any atom is -0.478 e. The van der Waals surface area contributed by atoms with Crippen LogP contribution in [0.1, 0.15) is 23.2 Å². The van der Waals surface area contributed by atoms with Gasteiger partial charge >= 0.3 is 5.97 Å². The second kappa shape index (κ2) is 6.83. The van der Waals surface area contributed by atoms with E-state index in [1.807, 2.05) is 10.8 Å². The Kier molecular flexibility index (Phi) is 4.86. The summed E-state index contributed by atoms with van der Waals surface area (Å²) >= 11 is 0. The van der Waals surface area contributed by atoms with Gasteiger partial charge in [-0.2, -0.15) is 0 Å². The van der Waals surface area contributed by atoms with E-state index in [0.717, 1.165) is 25.5 Å². The number of hydrogen-bond donors (Lipinski definition) is 2. The van der Waals surface area contributed by atoms with Gasteiger partial charge in [-0.25, -0.2) is 18.6 Å². The molecule has 1 aromatic heterocycles. The van der Waals surface area contributed by atoms with Crippen LogP contribution in [-0.4, -0.2) is 27.2 Å². The van der Waals surface area contributed by atoms with Crippen LogP contribution in [0.5, 0.6) is 0 Å². The van der Waals surface area contributed by atoms with E-state index in [4.69, 9.17) is 5.11 Å². The SMILES string of the molecule is O=C(O)c1ccc(NCCCCn2ccnc2)c(F)c1F. The van der Waals surface area contributed by atoms with E-state index in [2.05, 4.69) is 10.3 Å². The van der Waals surface area contributed by atoms with Gasteiger partial charge in [-0.15, -0.1) is 0 Å². The molecule has 0 fully saturated rings. The molecule has 2 N–H and O–H groups in total. The molecule has 0 aliphatic rings. The fourth-order valence-electron chi connectivity index (χ4n) is 1.91. The molecule has 1 heterocycles. The number of aromatic carboxylic acids is 1. The number of carboxylic acid groups (broad SMARTS) is 1. The van der Waals surface area contributed by atoms with Crippen LogP contribution in [0, 0.1) is 11.6 Å². The van der Waals surface area contributed by atoms with Gasteiger partial charge in [0.25, 0.3) is 0 Å². The third-order valence-electron chi connectivity index (χ3n) is 3.03. The number of aryl methyl sites for hydroxylation is 1. The number of benzene rings is 1. The lowest BCUT2D eigenvalue weighted by Gasteiger charge is -2.09. The molecule has 0 saturated carbocycles. The normalized spacial score (nSPS) is 10.6. The monoisotopic (exact) mass is 295 g/mol. The molecule has 21 heavy (non-hydrogen) atoms. The van der Waals surface area contributed by atoms with Crippen molar-refractivity contribution in [3.8, 4) is 0 Å². The summed E-state index contributed by atoms with van der Waals surface area (Å²) in [6.45, 7) is 1.27. The standard InChI is InChI=1S/C14H15F2N3O2/c15-12-10(14(20)21)3-4-11(13(12)16)18-5-1-2-7-19-8-6-17-9-19/h3-4,6,8-9,18H,1-2,5,7H2,(H,20,21). The first-order valence-electron chi connectivity index (χ1n) is 6.50. The summed E-state index contributed by atoms with van der Waals surface area (Å²) in [7, 11) is 0. The Morgan fingerprint density at radius 1 is 1.29 bits per heavy atom. The van der Waals surface area contributed by atoms with Crippen molar-refractivity contribution in [2.24, 2.45) is 0 Å². The summed E-state index contributed by atoms with van der Waals surface area (Å²) in [6, 6.07) is 2.28. The second-order valence-electron chi connectivity index (χ2n) is 4.53. The molecule has 7 heteroatoms. The first-order chi connectivity index (χ1) is 10.1. The Labute approximate surface area is 120 Å². The molecule has 5 nitrogen and oxygen atoms in total. The number of nitrogens with one attached hydrogen (secondary N) is 1. The number of unbranched alkanes of at least 4 members (excludes halogenated alkanes) is 1. The Bertz CT molecular complexity index is 615. The lowest BCUT2D eigenvalue weighted by atomic mass is 10.1. The maximum Gasteiger partial charge on any atom is 0.338 e. The van der Waals surface area contributed by atoms with Gasteiger partial charge in [0.2, 0.25) is 0 Å². The van der Waals surface area contributed by atoms with E-state index in [-0.39, 0.29) is 5.69 Å². The molecule has 0 atom stereocenters. The van der Waals surface area contributed by atoms with Gasteiger partial charge in [0.05, 0.1) is 17.6 Å². The quantitative estimate of drug-likeness (QED) is 0.771. The van der Waals surface area contributed by atoms with Gasteiger partial charge in [-0.1, -0.05) is 0 Å². The molecule has 0 spiro atoms. The average Bonchev–Trinajstić information content (AvgIpc) is 2.96. The molecule has 0 amide bonds. The van der Waals surface area contributed by atoms with E-state index in [9.17, 15) is 13.6 Å². The summed E-state index contributed by atoms with van der Waals surface area (Å²) in [6.07, 6.45) is 6.89. The Morgan fingerprint density at radius 2 is 2.10 bits per heavy atom. The zero-order chi connectivity index (χ0) is 15.2. The molecule has 0 aliphatic carbocycles. The largest absolute Gasteiger partial charge is 0.478 e. The molecule has 112 valence electrons. The molecule has 0 saturated heterocycles. The number of aromatic nitrogens is 2. The number of rotatable bonds is 7. The summed E-state index contributed by atoms with van der Waals surface area (Å²) in [5, 5.41) is 11.5. The van der Waals surface area contributed by atoms with Crippen LogP contribution in [0.4, 0.5) is 14.5 Å². The molecular formula is C14H15F2N3O2. The van der Waals surface area contributed by atoms with Crippen molar-refractivity contribution < 1.29 is 18.7 Å². The van der Waals surface area contributed by atoms with Gasteiger partial charge in [0.15, 0.2) is 11.6 Å². The highest BCUT2D eigenvalue weighted by molar-refractivity contribution is 5.88. The van der Waals surface area contributed by atoms with Crippen LogP contribution in [0.3, 0.4) is 0 Å². The number of hydrogen-bond acceptors (Lipinski definition) is 3. The van der Waals surface area contributed by atoms with Crippen molar-refractivity contribution in [1.82, 2.24) is 9.55 Å². The number of anilines is 1. The zero-order valence-corrected chi connectivity index (χ0v) is 11.2. The predicted octanol–water partition coefficient (Wildman–Crippen LogP) is 2.75. The minimum absolute atomic E-state index is 0.0277. The van der Waals surface area contributed by atoms with Crippen molar-refractivity contribution in [2.45, 2.75) is 19.4 Å². The van der Waals surface area contributed by atoms with Gasteiger partial charge in [0, 0.05) is 25.5 Å². The topological polar surface area (TPSA) is 67.2 Å². The highest BCUT2D eigenvalue weighted by atomic mass is 19.2. The van der Waals surface area contributed by atoms with Crippen molar-refractivity contribution in [3.63, 3.8) is 0 Å². The van der Waals surface area contributed by atoms with Crippen molar-refractivity contribution in [1.29, 1.82) is 0 Å². The molecule has 0 unspecified atom stereocenters. The van der Waals surface area contributed by atoms with E-state index in [1.54, 1.807) is 12.5 Å². The van der Waals surface area contributed by atoms with Crippen LogP contribution in [0.25, 0.3) is 0 Å². The van der Waals surface area contributed by atoms with E-state index < -0.39 is 23.2 Å². The predicted molar refractivity (Wildman–Crippen MR) is 73.3 cm³/mol. The van der Waals surface area contributed by atoms with Crippen LogP contribution in [0.15, 0.2) is 30.9 Å². The van der Waals surface area contributed by atoms with Crippen LogP contribution >= 0.6 is 0 Å². The fourth-order valence-corrected chi connectivity index (χ4v) is 1.91. The summed E-state index contributed by atoms with van der Waals surface area (Å²) < 4.78 is 29.0. The van der Waals surface area contributed by atoms with Crippen molar-refractivity contribution >= 4 is 11.7 Å². The highest BCUT2D eigenvalue weighted by Crippen LogP contribution is 2.20. The fraction of sp³-hybridized carbons (Fsp3) is 0.286. The third-order valence-corrected chi connectivity index (χ3v) is 3.03. The summed E-state index contributed by atoms with van der Waals surface area (Å²) in [4.78, 5) is 14.6. The third kappa shape index (κ3) is 3.77. The second-order valence-corrected chi connectivity index (χ2v) is 4.53. The summed E-state index contributed by atoms with van der Waals surface area (Å²) in [5.74, 6) is -3.99. The lowest BCUT2D eigenvalue weighted by molar-refractivity contribution is 0.0690. The first kappa shape index (κ1) is 15.0. The lowest BCUT2D eigenvalue weighted by Crippen LogP contribution is -2.09. The molecule has 0 aliphatic heterocycles. The number of halogens is 2. The number of carboxylic acids is 1. The Hall–Kier alpha value is -2.44. The van der Waals surface area contributed by atoms with Crippen molar-refractivity contribution in [3.05, 3.63) is 48.1 Å². The van der Waals surface area contributed by atoms with Crippen LogP contribution < -0.4 is 5.32 Å². The van der Waals surface area contributed by atoms with Crippen LogP contribution in [0.2, 0.25) is 0 Å². The summed E-state index contributed by atoms with van der Waals surface area (Å²) in [5.41, 5.74) is -0.696. The van der Waals surface area contributed by atoms with E-state index >= 15 is 0 Å². The number of imidazole rings is 1. The molecular weight excluding hydrogens is 280 g/mol. The molecule has 1 aromatic carbocycles. The number of carbonyl (C=O) groups is 1. The number of nitrogens with zero attached hydrogens (tertiary/aromatic N) is 2. The Morgan fingerprint density at radius 3 is 2.76 bits per heavy atom. The molecule has 2 rings (SSSR count). The maximum absolute atomic E-state index is 13.6. The molecule has 2 aromatic rings. The van der Waals surface area contributed by atoms with Crippen LogP contribution in [-0.2, 0) is 6.54 Å². The van der Waals surface area contributed by atoms with Gasteiger partial charge in [0.1, 0.15) is 0 Å². The maximum atomic E-state index is 13.6. The average molecular weight is 295 g/mol. The zero-order valence-electron chi connectivity index (χ0n) is 11.2. The van der Waals surface area contributed by atoms with Gasteiger partial charge in [-0.3, -0.25) is 0 Å². The Balaban J connectivity index is 1.83. The minimum atomic E-state index is -1.49. The van der Waals surface area contributed by atoms with Crippen molar-refractivity contribution in [2.75, 3.05) is 11.9 Å².